The molecular formula is C40H72N16O13. The Morgan fingerprint density at radius 3 is 1.77 bits per heavy atom. The van der Waals surface area contributed by atoms with Crippen LogP contribution < -0.4 is 71.6 Å². The highest BCUT2D eigenvalue weighted by Gasteiger charge is 2.38. The summed E-state index contributed by atoms with van der Waals surface area (Å²) in [4.78, 5) is 138. The summed E-state index contributed by atoms with van der Waals surface area (Å²) >= 11 is 0. The van der Waals surface area contributed by atoms with Crippen LogP contribution in [0.15, 0.2) is 9.98 Å². The number of likely N-dealkylation sites (tertiary alicyclic amines) is 1. The Bertz CT molecular complexity index is 1840. The van der Waals surface area contributed by atoms with Gasteiger partial charge in [-0.1, -0.05) is 0 Å². The van der Waals surface area contributed by atoms with Gasteiger partial charge in [0.15, 0.2) is 11.9 Å². The number of aliphatic carboxylic acids is 2. The molecule has 22 N–H and O–H groups in total. The lowest BCUT2D eigenvalue weighted by molar-refractivity contribution is -0.142. The molecule has 1 fully saturated rings. The van der Waals surface area contributed by atoms with Crippen molar-refractivity contribution in [3.8, 4) is 0 Å². The van der Waals surface area contributed by atoms with Crippen LogP contribution in [-0.4, -0.2) is 178 Å². The summed E-state index contributed by atoms with van der Waals surface area (Å²) in [6, 6.07) is -10.5. The third-order valence-electron chi connectivity index (χ3n) is 10.5. The number of carboxylic acids is 2. The maximum absolute atomic E-state index is 13.5. The van der Waals surface area contributed by atoms with Crippen LogP contribution in [0, 0.1) is 0 Å². The lowest BCUT2D eigenvalue weighted by Crippen LogP contribution is -2.59. The van der Waals surface area contributed by atoms with Crippen molar-refractivity contribution in [2.24, 2.45) is 44.4 Å². The zero-order valence-corrected chi connectivity index (χ0v) is 39.2. The highest BCUT2D eigenvalue weighted by molar-refractivity contribution is 5.97. The number of aliphatic hydroxyl groups is 1. The second-order valence-electron chi connectivity index (χ2n) is 16.4. The molecule has 1 saturated heterocycles. The second kappa shape index (κ2) is 31.2. The summed E-state index contributed by atoms with van der Waals surface area (Å²) in [5, 5.41) is 46.0. The topological polar surface area (TPSA) is 500 Å². The lowest BCUT2D eigenvalue weighted by atomic mass is 10.1. The molecule has 69 heavy (non-hydrogen) atoms. The van der Waals surface area contributed by atoms with Crippen molar-refractivity contribution in [3.63, 3.8) is 0 Å². The van der Waals surface area contributed by atoms with E-state index in [-0.39, 0.29) is 63.7 Å². The molecule has 29 heteroatoms. The number of nitrogens with one attached hydrogen (secondary N) is 7. The van der Waals surface area contributed by atoms with Crippen LogP contribution in [0.25, 0.3) is 0 Å². The van der Waals surface area contributed by atoms with Gasteiger partial charge in [-0.2, -0.15) is 0 Å². The molecule has 0 radical (unpaired) electrons. The fourth-order valence-corrected chi connectivity index (χ4v) is 6.77. The molecule has 390 valence electrons. The van der Waals surface area contributed by atoms with Gasteiger partial charge in [-0.15, -0.1) is 0 Å². The van der Waals surface area contributed by atoms with E-state index in [1.165, 1.54) is 25.7 Å². The Hall–Kier alpha value is -6.88. The van der Waals surface area contributed by atoms with E-state index in [0.717, 1.165) is 0 Å². The SMILES string of the molecule is C[C@H](NC(=O)[C@H](CCC(=O)O)NC(=O)CNC(=O)[C@@H]1CCCN1C(=O)[C@H](C)NC(=O)[C@@H](NC(=O)[C@@H](N)CCCN=C(N)N)[C@@H](C)O)C(=O)N[C@@H](CCCN=C(N)N)C(=O)N[C@@H](CCCCN)C(=O)O. The average Bonchev–Trinajstić information content (AvgIpc) is 3.77. The van der Waals surface area contributed by atoms with E-state index in [2.05, 4.69) is 47.2 Å². The van der Waals surface area contributed by atoms with Crippen LogP contribution in [0.3, 0.4) is 0 Å². The van der Waals surface area contributed by atoms with Crippen molar-refractivity contribution in [1.29, 1.82) is 0 Å². The molecule has 0 unspecified atom stereocenters. The third-order valence-corrected chi connectivity index (χ3v) is 10.5. The van der Waals surface area contributed by atoms with E-state index >= 15 is 0 Å². The zero-order chi connectivity index (χ0) is 52.4. The smallest absolute Gasteiger partial charge is 0.326 e. The van der Waals surface area contributed by atoms with Crippen molar-refractivity contribution >= 4 is 71.1 Å². The molecule has 0 aliphatic carbocycles. The van der Waals surface area contributed by atoms with Crippen LogP contribution >= 0.6 is 0 Å². The van der Waals surface area contributed by atoms with Crippen LogP contribution in [0.2, 0.25) is 0 Å². The van der Waals surface area contributed by atoms with Crippen molar-refractivity contribution in [2.45, 2.75) is 146 Å². The van der Waals surface area contributed by atoms with Crippen LogP contribution in [0.5, 0.6) is 0 Å². The van der Waals surface area contributed by atoms with Crippen molar-refractivity contribution < 1.29 is 63.3 Å². The van der Waals surface area contributed by atoms with E-state index in [1.54, 1.807) is 0 Å². The highest BCUT2D eigenvalue weighted by Crippen LogP contribution is 2.19. The van der Waals surface area contributed by atoms with Gasteiger partial charge in [-0.25, -0.2) is 4.79 Å². The second-order valence-corrected chi connectivity index (χ2v) is 16.4. The first-order valence-corrected chi connectivity index (χ1v) is 22.5. The molecule has 8 amide bonds. The van der Waals surface area contributed by atoms with Gasteiger partial charge in [0.1, 0.15) is 42.3 Å². The predicted octanol–water partition coefficient (Wildman–Crippen LogP) is -7.06. The maximum atomic E-state index is 13.5. The van der Waals surface area contributed by atoms with Gasteiger partial charge >= 0.3 is 11.9 Å². The number of nitrogens with two attached hydrogens (primary N) is 6. The molecule has 9 atom stereocenters. The summed E-state index contributed by atoms with van der Waals surface area (Å²) in [6.45, 7) is 3.76. The lowest BCUT2D eigenvalue weighted by Gasteiger charge is -2.29. The summed E-state index contributed by atoms with van der Waals surface area (Å²) < 4.78 is 0. The number of carbonyl (C=O) groups excluding carboxylic acids is 8. The number of unbranched alkanes of at least 4 members (excludes halogenated alkanes) is 1. The number of guanidine groups is 2. The van der Waals surface area contributed by atoms with Crippen molar-refractivity contribution in [2.75, 3.05) is 32.7 Å². The van der Waals surface area contributed by atoms with Crippen LogP contribution in [0.4, 0.5) is 0 Å². The Kier molecular flexibility index (Phi) is 27.2. The Labute approximate surface area is 398 Å². The minimum atomic E-state index is -1.54. The fourth-order valence-electron chi connectivity index (χ4n) is 6.77. The van der Waals surface area contributed by atoms with Gasteiger partial charge < -0.3 is 91.8 Å². The number of hydrogen-bond acceptors (Lipinski definition) is 15. The molecule has 0 bridgehead atoms. The Morgan fingerprint density at radius 1 is 0.652 bits per heavy atom. The fraction of sp³-hybridized carbons (Fsp3) is 0.700. The molecule has 1 aliphatic rings. The van der Waals surface area contributed by atoms with Gasteiger partial charge in [0, 0.05) is 26.1 Å². The van der Waals surface area contributed by atoms with Gasteiger partial charge in [0.2, 0.25) is 47.3 Å². The molecule has 1 heterocycles. The molecule has 0 saturated carbocycles. The van der Waals surface area contributed by atoms with E-state index in [4.69, 9.17) is 34.4 Å². The molecule has 0 aromatic heterocycles. The van der Waals surface area contributed by atoms with E-state index < -0.39 is 133 Å². The standard InChI is InChI=1S/C40H72N16O13/c1-20(31(61)53-24(11-7-17-48-40(45)46)34(64)54-26(38(68)69)10-4-5-15-41)50-33(63)25(13-14-29(59)60)52-28(58)19-49-35(65)27-12-8-18-56(27)37(67)21(2)51-36(66)30(22(3)57)55-32(62)23(42)9-6-16-47-39(43)44/h20-27,30,57H,4-19,41-42H2,1-3H3,(H,49,65)(H,50,63)(H,51,66)(H,52,58)(H,53,61)(H,54,64)(H,55,62)(H,59,60)(H,68,69)(H4,43,44,47)(H4,45,46,48)/t20-,21-,22+,23-,24-,25-,26-,27-,30-/m0/s1. The quantitative estimate of drug-likeness (QED) is 0.0169. The van der Waals surface area contributed by atoms with Crippen LogP contribution in [-0.2, 0) is 47.9 Å². The predicted molar refractivity (Wildman–Crippen MR) is 248 cm³/mol. The number of hydrogen-bond donors (Lipinski definition) is 16. The maximum Gasteiger partial charge on any atom is 0.326 e. The normalized spacial score (nSPS) is 16.6. The molecule has 0 spiro atoms. The number of carbonyl (C=O) groups is 10. The first-order chi connectivity index (χ1) is 32.4. The zero-order valence-electron chi connectivity index (χ0n) is 39.2. The summed E-state index contributed by atoms with van der Waals surface area (Å²) in [5.41, 5.74) is 32.7. The summed E-state index contributed by atoms with van der Waals surface area (Å²) in [6.07, 6.45) is -0.341. The number of aliphatic imine (C=N–C) groups is 2. The average molecular weight is 985 g/mol. The largest absolute Gasteiger partial charge is 0.481 e. The Balaban J connectivity index is 2.97. The molecule has 1 rings (SSSR count). The van der Waals surface area contributed by atoms with E-state index in [0.29, 0.717) is 32.2 Å². The van der Waals surface area contributed by atoms with Gasteiger partial charge in [0.25, 0.3) is 0 Å². The molecule has 0 aromatic rings. The summed E-state index contributed by atoms with van der Waals surface area (Å²) in [5.74, 6) is -9.80. The highest BCUT2D eigenvalue weighted by atomic mass is 16.4. The molecule has 1 aliphatic heterocycles. The van der Waals surface area contributed by atoms with Gasteiger partial charge in [-0.3, -0.25) is 53.1 Å². The first-order valence-electron chi connectivity index (χ1n) is 22.5. The van der Waals surface area contributed by atoms with Crippen molar-refractivity contribution in [1.82, 2.24) is 42.1 Å². The van der Waals surface area contributed by atoms with Crippen LogP contribution in [0.1, 0.15) is 91.4 Å². The molecular weight excluding hydrogens is 913 g/mol. The minimum absolute atomic E-state index is 0.0531. The third kappa shape index (κ3) is 23.1. The van der Waals surface area contributed by atoms with Crippen molar-refractivity contribution in [3.05, 3.63) is 0 Å². The first kappa shape index (κ1) is 60.1. The van der Waals surface area contributed by atoms with Gasteiger partial charge in [0.05, 0.1) is 18.7 Å². The molecule has 29 nitrogen and oxygen atoms in total. The Morgan fingerprint density at radius 2 is 1.20 bits per heavy atom. The van der Waals surface area contributed by atoms with E-state index in [1.807, 2.05) is 0 Å². The van der Waals surface area contributed by atoms with E-state index in [9.17, 15) is 63.3 Å². The summed E-state index contributed by atoms with van der Waals surface area (Å²) in [7, 11) is 0. The molecule has 0 aromatic carbocycles. The monoisotopic (exact) mass is 985 g/mol. The number of aliphatic hydroxyl groups excluding tert-OH is 1. The minimum Gasteiger partial charge on any atom is -0.481 e. The number of amides is 8. The number of carboxylic acid groups (broad SMARTS) is 2. The number of rotatable bonds is 32. The number of nitrogens with zero attached hydrogens (tertiary/aromatic N) is 3. The van der Waals surface area contributed by atoms with Gasteiger partial charge in [-0.05, 0) is 91.5 Å².